The molecule has 0 unspecified atom stereocenters. The maximum atomic E-state index is 11.5. The van der Waals surface area contributed by atoms with E-state index in [4.69, 9.17) is 4.74 Å². The summed E-state index contributed by atoms with van der Waals surface area (Å²) in [4.78, 5) is 33.8. The van der Waals surface area contributed by atoms with E-state index in [1.54, 1.807) is 0 Å². The van der Waals surface area contributed by atoms with Crippen LogP contribution in [0.4, 0.5) is 4.79 Å². The number of benzene rings is 1. The van der Waals surface area contributed by atoms with Crippen molar-refractivity contribution >= 4 is 18.0 Å². The van der Waals surface area contributed by atoms with Gasteiger partial charge < -0.3 is 20.1 Å². The van der Waals surface area contributed by atoms with Crippen molar-refractivity contribution in [1.29, 1.82) is 0 Å². The maximum absolute atomic E-state index is 11.5. The molecule has 7 nitrogen and oxygen atoms in total. The van der Waals surface area contributed by atoms with E-state index in [1.165, 1.54) is 7.11 Å². The third-order valence-electron chi connectivity index (χ3n) is 2.95. The number of nitrogens with one attached hydrogen (secondary N) is 2. The number of esters is 1. The quantitative estimate of drug-likeness (QED) is 0.705. The van der Waals surface area contributed by atoms with Crippen LogP contribution in [0.2, 0.25) is 0 Å². The Kier molecular flexibility index (Phi) is 10.6. The van der Waals surface area contributed by atoms with Crippen LogP contribution in [0.25, 0.3) is 0 Å². The van der Waals surface area contributed by atoms with Crippen molar-refractivity contribution in [1.82, 2.24) is 10.6 Å². The van der Waals surface area contributed by atoms with Gasteiger partial charge in [-0.3, -0.25) is 9.59 Å². The lowest BCUT2D eigenvalue weighted by Gasteiger charge is -2.07. The van der Waals surface area contributed by atoms with Gasteiger partial charge in [-0.05, 0) is 18.1 Å². The van der Waals surface area contributed by atoms with Gasteiger partial charge in [-0.2, -0.15) is 0 Å². The fourth-order valence-electron chi connectivity index (χ4n) is 1.77. The number of rotatable bonds is 8. The first kappa shape index (κ1) is 21.4. The van der Waals surface area contributed by atoms with E-state index in [0.717, 1.165) is 11.1 Å². The summed E-state index contributed by atoms with van der Waals surface area (Å²) >= 11 is 0. The highest BCUT2D eigenvalue weighted by Gasteiger charge is 2.06. The molecule has 0 saturated heterocycles. The first-order valence-corrected chi connectivity index (χ1v) is 7.37. The molecule has 1 rings (SSSR count). The van der Waals surface area contributed by atoms with E-state index >= 15 is 0 Å². The number of carbonyl (C=O) groups excluding carboxylic acids is 3. The zero-order valence-electron chi connectivity index (χ0n) is 13.4. The van der Waals surface area contributed by atoms with Gasteiger partial charge in [0.1, 0.15) is 6.61 Å². The van der Waals surface area contributed by atoms with E-state index in [0.29, 0.717) is 13.0 Å². The summed E-state index contributed by atoms with van der Waals surface area (Å²) in [5.41, 5.74) is 1.73. The van der Waals surface area contributed by atoms with Crippen molar-refractivity contribution in [3.8, 4) is 0 Å². The van der Waals surface area contributed by atoms with Gasteiger partial charge in [-0.1, -0.05) is 31.7 Å². The second kappa shape index (κ2) is 11.9. The number of hydrogen-bond donors (Lipinski definition) is 2. The fourth-order valence-corrected chi connectivity index (χ4v) is 1.77. The van der Waals surface area contributed by atoms with Crippen molar-refractivity contribution in [3.63, 3.8) is 0 Å². The first-order valence-electron chi connectivity index (χ1n) is 7.37. The number of amides is 2. The highest BCUT2D eigenvalue weighted by atomic mass is 16.5. The molecule has 2 amide bonds. The molecule has 0 aromatic heterocycles. The summed E-state index contributed by atoms with van der Waals surface area (Å²) in [5, 5.41) is 5.13. The molecule has 24 heavy (non-hydrogen) atoms. The first-order chi connectivity index (χ1) is 11.0. The molecule has 0 fully saturated rings. The van der Waals surface area contributed by atoms with Crippen LogP contribution in [0.1, 0.15) is 31.9 Å². The van der Waals surface area contributed by atoms with Crippen LogP contribution in [0.15, 0.2) is 24.3 Å². The Morgan fingerprint density at radius 2 is 1.67 bits per heavy atom. The molecule has 0 atom stereocenters. The monoisotopic (exact) mass is 338 g/mol. The molecular formula is C17H26N2O5. The zero-order chi connectivity index (χ0) is 17.1. The lowest BCUT2D eigenvalue weighted by atomic mass is 10.1. The second-order valence-electron chi connectivity index (χ2n) is 4.78. The van der Waals surface area contributed by atoms with Crippen molar-refractivity contribution in [2.24, 2.45) is 0 Å². The summed E-state index contributed by atoms with van der Waals surface area (Å²) in [5.74, 6) is -0.433. The molecule has 2 N–H and O–H groups in total. The maximum Gasteiger partial charge on any atom is 0.406 e. The van der Waals surface area contributed by atoms with Gasteiger partial charge in [0.25, 0.3) is 0 Å². The van der Waals surface area contributed by atoms with Gasteiger partial charge in [-0.25, -0.2) is 4.79 Å². The molecular weight excluding hydrogens is 312 g/mol. The molecule has 0 radical (unpaired) electrons. The third-order valence-corrected chi connectivity index (χ3v) is 2.95. The van der Waals surface area contributed by atoms with Crippen molar-refractivity contribution in [2.75, 3.05) is 20.2 Å². The predicted molar refractivity (Wildman–Crippen MR) is 90.4 cm³/mol. The average molecular weight is 338 g/mol. The Labute approximate surface area is 142 Å². The van der Waals surface area contributed by atoms with Gasteiger partial charge in [0.2, 0.25) is 5.91 Å². The van der Waals surface area contributed by atoms with Crippen LogP contribution >= 0.6 is 0 Å². The Bertz CT molecular complexity index is 528. The lowest BCUT2D eigenvalue weighted by molar-refractivity contribution is -0.144. The standard InChI is InChI=1S/C16H22N2O5.CH4/c1-3-17-14(19)10-12-4-6-13(7-5-12)11-23-15(20)8-9-18-16(21)22-2;/h4-7H,3,8-11H2,1-2H3,(H,17,19)(H,18,21);1H4. The molecule has 1 aromatic rings. The van der Waals surface area contributed by atoms with E-state index in [-0.39, 0.29) is 32.9 Å². The summed E-state index contributed by atoms with van der Waals surface area (Å²) in [6.45, 7) is 2.79. The highest BCUT2D eigenvalue weighted by Crippen LogP contribution is 2.07. The molecule has 0 aliphatic heterocycles. The smallest absolute Gasteiger partial charge is 0.406 e. The number of hydrogen-bond acceptors (Lipinski definition) is 5. The Morgan fingerprint density at radius 1 is 1.04 bits per heavy atom. The van der Waals surface area contributed by atoms with Gasteiger partial charge >= 0.3 is 12.1 Å². The predicted octanol–water partition coefficient (Wildman–Crippen LogP) is 1.79. The summed E-state index contributed by atoms with van der Waals surface area (Å²) in [6, 6.07) is 7.29. The van der Waals surface area contributed by atoms with Gasteiger partial charge in [0.05, 0.1) is 20.0 Å². The van der Waals surface area contributed by atoms with Crippen LogP contribution < -0.4 is 10.6 Å². The number of ether oxygens (including phenoxy) is 2. The molecule has 7 heteroatoms. The average Bonchev–Trinajstić information content (AvgIpc) is 2.54. The molecule has 0 spiro atoms. The largest absolute Gasteiger partial charge is 0.461 e. The minimum absolute atomic E-state index is 0. The number of alkyl carbamates (subject to hydrolysis) is 1. The minimum atomic E-state index is -0.583. The van der Waals surface area contributed by atoms with Gasteiger partial charge in [0, 0.05) is 13.1 Å². The third kappa shape index (κ3) is 8.77. The second-order valence-corrected chi connectivity index (χ2v) is 4.78. The Balaban J connectivity index is 0.00000529. The van der Waals surface area contributed by atoms with E-state index in [2.05, 4.69) is 15.4 Å². The molecule has 1 aromatic carbocycles. The van der Waals surface area contributed by atoms with E-state index < -0.39 is 12.1 Å². The molecule has 0 aliphatic carbocycles. The topological polar surface area (TPSA) is 93.7 Å². The highest BCUT2D eigenvalue weighted by molar-refractivity contribution is 5.78. The van der Waals surface area contributed by atoms with Crippen molar-refractivity contribution < 1.29 is 23.9 Å². The van der Waals surface area contributed by atoms with E-state index in [9.17, 15) is 14.4 Å². The van der Waals surface area contributed by atoms with Gasteiger partial charge in [-0.15, -0.1) is 0 Å². The normalized spacial score (nSPS) is 9.42. The SMILES string of the molecule is C.CCNC(=O)Cc1ccc(COC(=O)CCNC(=O)OC)cc1. The number of likely N-dealkylation sites (N-methyl/N-ethyl adjacent to an activating group) is 1. The molecule has 0 saturated carbocycles. The number of methoxy groups -OCH3 is 1. The fraction of sp³-hybridized carbons (Fsp3) is 0.471. The molecule has 134 valence electrons. The molecule has 0 aliphatic rings. The van der Waals surface area contributed by atoms with Crippen LogP contribution in [0.3, 0.4) is 0 Å². The summed E-state index contributed by atoms with van der Waals surface area (Å²) in [7, 11) is 1.25. The van der Waals surface area contributed by atoms with E-state index in [1.807, 2.05) is 31.2 Å². The molecule has 0 heterocycles. The van der Waals surface area contributed by atoms with Crippen LogP contribution in [-0.4, -0.2) is 38.2 Å². The number of carbonyl (C=O) groups is 3. The minimum Gasteiger partial charge on any atom is -0.461 e. The van der Waals surface area contributed by atoms with Crippen LogP contribution in [-0.2, 0) is 32.1 Å². The summed E-state index contributed by atoms with van der Waals surface area (Å²) < 4.78 is 9.48. The van der Waals surface area contributed by atoms with Crippen LogP contribution in [0.5, 0.6) is 0 Å². The summed E-state index contributed by atoms with van der Waals surface area (Å²) in [6.07, 6.45) is -0.183. The molecule has 0 bridgehead atoms. The van der Waals surface area contributed by atoms with Crippen molar-refractivity contribution in [3.05, 3.63) is 35.4 Å². The lowest BCUT2D eigenvalue weighted by Crippen LogP contribution is -2.26. The van der Waals surface area contributed by atoms with Gasteiger partial charge in [0.15, 0.2) is 0 Å². The Morgan fingerprint density at radius 3 is 2.25 bits per heavy atom. The van der Waals surface area contributed by atoms with Crippen molar-refractivity contribution in [2.45, 2.75) is 33.8 Å². The zero-order valence-corrected chi connectivity index (χ0v) is 13.4. The Hall–Kier alpha value is -2.57. The van der Waals surface area contributed by atoms with Crippen LogP contribution in [0, 0.1) is 0 Å².